The van der Waals surface area contributed by atoms with Crippen molar-refractivity contribution in [1.29, 1.82) is 0 Å². The molecule has 3 rings (SSSR count). The van der Waals surface area contributed by atoms with Gasteiger partial charge in [-0.3, -0.25) is 4.79 Å². The molecule has 0 aromatic rings. The van der Waals surface area contributed by atoms with Gasteiger partial charge >= 0.3 is 0 Å². The van der Waals surface area contributed by atoms with E-state index in [2.05, 4.69) is 22.2 Å². The number of fused-ring (bicyclic) bond motifs is 1. The Bertz CT molecular complexity index is 834. The summed E-state index contributed by atoms with van der Waals surface area (Å²) in [7, 11) is -5.61. The number of piperazine rings is 1. The Kier molecular flexibility index (Phi) is 10.1. The summed E-state index contributed by atoms with van der Waals surface area (Å²) >= 11 is 0. The van der Waals surface area contributed by atoms with Crippen molar-refractivity contribution in [3.8, 4) is 0 Å². The van der Waals surface area contributed by atoms with E-state index in [-0.39, 0.29) is 37.0 Å². The first-order valence-electron chi connectivity index (χ1n) is 10.4. The molecule has 3 fully saturated rings. The number of halogens is 2. The third kappa shape index (κ3) is 5.33. The standard InChI is InChI=1S/C18H34N4O5S2.2ClH/c1-4-7-18(16-15(6-8-19-16)22(17(18)23)28(3,24)25)29(26,27)14-5-9-21-12-10-20(2)11-13-21;;/h15-16,19H,4-14H2,1-3H3;2*1H/t15-,16+,18+;;/m0../s1. The zero-order valence-electron chi connectivity index (χ0n) is 18.4. The molecule has 0 spiro atoms. The van der Waals surface area contributed by atoms with E-state index in [1.54, 1.807) is 0 Å². The molecule has 0 saturated carbocycles. The summed E-state index contributed by atoms with van der Waals surface area (Å²) in [6, 6.07) is -1.28. The van der Waals surface area contributed by atoms with Crippen molar-refractivity contribution < 1.29 is 21.6 Å². The Hall–Kier alpha value is -0.170. The fraction of sp³-hybridized carbons (Fsp3) is 0.944. The third-order valence-electron chi connectivity index (χ3n) is 6.57. The lowest BCUT2D eigenvalue weighted by Crippen LogP contribution is -2.57. The highest BCUT2D eigenvalue weighted by molar-refractivity contribution is 7.94. The van der Waals surface area contributed by atoms with Crippen molar-refractivity contribution in [2.24, 2.45) is 0 Å². The summed E-state index contributed by atoms with van der Waals surface area (Å²) in [5, 5.41) is 3.16. The van der Waals surface area contributed by atoms with Gasteiger partial charge in [-0.25, -0.2) is 21.1 Å². The average molecular weight is 524 g/mol. The molecule has 13 heteroatoms. The van der Waals surface area contributed by atoms with Crippen LogP contribution in [0.2, 0.25) is 0 Å². The van der Waals surface area contributed by atoms with Gasteiger partial charge in [0, 0.05) is 26.2 Å². The van der Waals surface area contributed by atoms with Gasteiger partial charge in [0.05, 0.1) is 24.1 Å². The maximum atomic E-state index is 13.6. The molecular formula is C18H36Cl2N4O5S2. The van der Waals surface area contributed by atoms with Gasteiger partial charge in [-0.05, 0) is 39.4 Å². The third-order valence-corrected chi connectivity index (χ3v) is 10.3. The monoisotopic (exact) mass is 522 g/mol. The smallest absolute Gasteiger partial charge is 0.259 e. The molecule has 9 nitrogen and oxygen atoms in total. The fourth-order valence-electron chi connectivity index (χ4n) is 5.13. The minimum atomic E-state index is -3.85. The largest absolute Gasteiger partial charge is 0.310 e. The molecule has 31 heavy (non-hydrogen) atoms. The van der Waals surface area contributed by atoms with E-state index < -0.39 is 42.6 Å². The number of hydrogen-bond donors (Lipinski definition) is 1. The lowest BCUT2D eigenvalue weighted by Gasteiger charge is -2.34. The number of sulfone groups is 1. The van der Waals surface area contributed by atoms with Crippen molar-refractivity contribution in [2.45, 2.75) is 49.4 Å². The molecule has 0 bridgehead atoms. The summed E-state index contributed by atoms with van der Waals surface area (Å²) in [6.45, 7) is 6.75. The highest BCUT2D eigenvalue weighted by Crippen LogP contribution is 2.44. The second kappa shape index (κ2) is 10.8. The van der Waals surface area contributed by atoms with Gasteiger partial charge < -0.3 is 15.1 Å². The van der Waals surface area contributed by atoms with Gasteiger partial charge in [0.1, 0.15) is 0 Å². The second-order valence-electron chi connectivity index (χ2n) is 8.61. The predicted octanol–water partition coefficient (Wildman–Crippen LogP) is -0.0465. The van der Waals surface area contributed by atoms with Crippen LogP contribution in [-0.4, -0.2) is 112 Å². The van der Waals surface area contributed by atoms with Crippen LogP contribution in [-0.2, 0) is 24.7 Å². The van der Waals surface area contributed by atoms with E-state index in [1.807, 2.05) is 6.92 Å². The molecule has 1 amide bonds. The predicted molar refractivity (Wildman–Crippen MR) is 126 cm³/mol. The van der Waals surface area contributed by atoms with Crippen molar-refractivity contribution in [1.82, 2.24) is 19.4 Å². The molecule has 0 aliphatic carbocycles. The second-order valence-corrected chi connectivity index (χ2v) is 12.8. The van der Waals surface area contributed by atoms with Crippen LogP contribution in [0.3, 0.4) is 0 Å². The molecule has 184 valence electrons. The average Bonchev–Trinajstić information content (AvgIpc) is 3.17. The van der Waals surface area contributed by atoms with Crippen molar-refractivity contribution in [2.75, 3.05) is 58.3 Å². The van der Waals surface area contributed by atoms with Crippen molar-refractivity contribution in [3.05, 3.63) is 0 Å². The topological polar surface area (TPSA) is 107 Å². The van der Waals surface area contributed by atoms with Gasteiger partial charge in [0.2, 0.25) is 10.0 Å². The molecule has 3 atom stereocenters. The molecule has 3 saturated heterocycles. The minimum Gasteiger partial charge on any atom is -0.310 e. The van der Waals surface area contributed by atoms with E-state index in [1.165, 1.54) is 0 Å². The van der Waals surface area contributed by atoms with Gasteiger partial charge in [-0.1, -0.05) is 13.3 Å². The Labute approximate surface area is 199 Å². The summed E-state index contributed by atoms with van der Waals surface area (Å²) in [5.41, 5.74) is 0. The van der Waals surface area contributed by atoms with Crippen LogP contribution in [0.4, 0.5) is 0 Å². The SMILES string of the molecule is CCC[C@]1(S(=O)(=O)CCCN2CCN(C)CC2)C(=O)N(S(C)(=O)=O)[C@H]2CCN[C@H]21.Cl.Cl. The maximum Gasteiger partial charge on any atom is 0.259 e. The number of carbonyl (C=O) groups is 1. The molecular weight excluding hydrogens is 487 g/mol. The molecule has 0 aromatic heterocycles. The number of rotatable bonds is 8. The summed E-state index contributed by atoms with van der Waals surface area (Å²) in [4.78, 5) is 17.8. The molecule has 0 aromatic carbocycles. The Morgan fingerprint density at radius 1 is 1.10 bits per heavy atom. The van der Waals surface area contributed by atoms with E-state index >= 15 is 0 Å². The van der Waals surface area contributed by atoms with Crippen molar-refractivity contribution in [3.63, 3.8) is 0 Å². The van der Waals surface area contributed by atoms with E-state index in [0.717, 1.165) is 36.7 Å². The Morgan fingerprint density at radius 2 is 1.71 bits per heavy atom. The van der Waals surface area contributed by atoms with E-state index in [4.69, 9.17) is 0 Å². The van der Waals surface area contributed by atoms with Crippen LogP contribution in [0.15, 0.2) is 0 Å². The first-order chi connectivity index (χ1) is 13.5. The van der Waals surface area contributed by atoms with Crippen LogP contribution >= 0.6 is 24.8 Å². The maximum absolute atomic E-state index is 13.6. The number of carbonyl (C=O) groups excluding carboxylic acids is 1. The zero-order valence-corrected chi connectivity index (χ0v) is 21.7. The summed E-state index contributed by atoms with van der Waals surface area (Å²) < 4.78 is 50.9. The molecule has 0 unspecified atom stereocenters. The molecule has 0 radical (unpaired) electrons. The van der Waals surface area contributed by atoms with E-state index in [9.17, 15) is 21.6 Å². The number of hydrogen-bond acceptors (Lipinski definition) is 8. The molecule has 3 aliphatic rings. The quantitative estimate of drug-likeness (QED) is 0.472. The lowest BCUT2D eigenvalue weighted by molar-refractivity contribution is -0.126. The molecule has 3 aliphatic heterocycles. The highest BCUT2D eigenvalue weighted by atomic mass is 35.5. The first kappa shape index (κ1) is 28.9. The number of sulfonamides is 1. The zero-order chi connectivity index (χ0) is 21.4. The van der Waals surface area contributed by atoms with Gasteiger partial charge in [-0.15, -0.1) is 24.8 Å². The number of nitrogens with zero attached hydrogens (tertiary/aromatic N) is 3. The Balaban J connectivity index is 0.00000240. The normalized spacial score (nSPS) is 30.0. The fourth-order valence-corrected chi connectivity index (χ4v) is 8.75. The number of likely N-dealkylation sites (N-methyl/N-ethyl adjacent to an activating group) is 1. The summed E-state index contributed by atoms with van der Waals surface area (Å²) in [5.74, 6) is -0.864. The van der Waals surface area contributed by atoms with Gasteiger partial charge in [0.25, 0.3) is 5.91 Å². The molecule has 1 N–H and O–H groups in total. The van der Waals surface area contributed by atoms with Crippen LogP contribution in [0, 0.1) is 0 Å². The van der Waals surface area contributed by atoms with Gasteiger partial charge in [0.15, 0.2) is 14.6 Å². The lowest BCUT2D eigenvalue weighted by atomic mass is 9.94. The van der Waals surface area contributed by atoms with Crippen LogP contribution in [0.5, 0.6) is 0 Å². The summed E-state index contributed by atoms with van der Waals surface area (Å²) in [6.07, 6.45) is 2.52. The van der Waals surface area contributed by atoms with Crippen molar-refractivity contribution >= 4 is 50.6 Å². The van der Waals surface area contributed by atoms with E-state index in [0.29, 0.717) is 32.4 Å². The van der Waals surface area contributed by atoms with Crippen LogP contribution in [0.25, 0.3) is 0 Å². The highest BCUT2D eigenvalue weighted by Gasteiger charge is 2.68. The van der Waals surface area contributed by atoms with Crippen LogP contribution < -0.4 is 5.32 Å². The number of nitrogens with one attached hydrogen (secondary N) is 1. The number of amides is 1. The van der Waals surface area contributed by atoms with Crippen LogP contribution in [0.1, 0.15) is 32.6 Å². The van der Waals surface area contributed by atoms with Gasteiger partial charge in [-0.2, -0.15) is 0 Å². The molecule has 3 heterocycles. The minimum absolute atomic E-state index is 0. The Morgan fingerprint density at radius 3 is 2.26 bits per heavy atom. The first-order valence-corrected chi connectivity index (χ1v) is 13.9.